The van der Waals surface area contributed by atoms with E-state index >= 15 is 0 Å². The van der Waals surface area contributed by atoms with Gasteiger partial charge in [0, 0.05) is 14.1 Å². The molecule has 0 fully saturated rings. The quantitative estimate of drug-likeness (QED) is 0.153. The molecule has 0 aromatic rings. The van der Waals surface area contributed by atoms with Crippen LogP contribution >= 0.6 is 7.60 Å². The van der Waals surface area contributed by atoms with Crippen molar-refractivity contribution < 1.29 is 49.5 Å². The monoisotopic (exact) mass is 444 g/mol. The summed E-state index contributed by atoms with van der Waals surface area (Å²) in [5, 5.41) is 0. The highest BCUT2D eigenvalue weighted by atomic mass is 31.2. The van der Waals surface area contributed by atoms with Crippen molar-refractivity contribution in [1.82, 2.24) is 0 Å². The zero-order valence-corrected chi connectivity index (χ0v) is 17.2. The summed E-state index contributed by atoms with van der Waals surface area (Å²) < 4.78 is 99.0. The Bertz CT molecular complexity index is 534. The number of hydrogen-bond acceptors (Lipinski definition) is 5. The average Bonchev–Trinajstić information content (AvgIpc) is 2.46. The van der Waals surface area contributed by atoms with Gasteiger partial charge in [-0.15, -0.1) is 0 Å². The summed E-state index contributed by atoms with van der Waals surface area (Å²) >= 11 is 0. The lowest BCUT2D eigenvalue weighted by atomic mass is 10.4. The lowest BCUT2D eigenvalue weighted by Gasteiger charge is -2.23. The second-order valence-corrected chi connectivity index (χ2v) is 14.9. The number of hydrogen-bond donors (Lipinski definition) is 0. The lowest BCUT2D eigenvalue weighted by Crippen LogP contribution is -2.23. The Morgan fingerprint density at radius 1 is 1.04 bits per heavy atom. The minimum Gasteiger partial charge on any atom is -0.463 e. The highest BCUT2D eigenvalue weighted by Gasteiger charge is 2.41. The van der Waals surface area contributed by atoms with Crippen molar-refractivity contribution in [3.05, 3.63) is 12.2 Å². The first kappa shape index (κ1) is 26.2. The number of esters is 1. The van der Waals surface area contributed by atoms with Gasteiger partial charge in [-0.25, -0.2) is 4.79 Å². The number of carbonyl (C=O) groups is 1. The van der Waals surface area contributed by atoms with Gasteiger partial charge < -0.3 is 4.74 Å². The normalized spacial score (nSPS) is 15.2. The SMILES string of the molecule is CC(/C=C/C(=O)OCC[Si](C)(C)C)P(=O)(OCC(F)(F)F)OCC(F)(F)F. The zero-order valence-electron chi connectivity index (χ0n) is 15.3. The van der Waals surface area contributed by atoms with Gasteiger partial charge in [-0.05, 0) is 13.0 Å². The third-order valence-electron chi connectivity index (χ3n) is 2.92. The van der Waals surface area contributed by atoms with Gasteiger partial charge in [-0.2, -0.15) is 26.3 Å². The highest BCUT2D eigenvalue weighted by molar-refractivity contribution is 7.54. The molecule has 0 aliphatic carbocycles. The number of rotatable bonds is 10. The van der Waals surface area contributed by atoms with Crippen molar-refractivity contribution in [2.45, 2.75) is 50.6 Å². The molecule has 0 radical (unpaired) electrons. The number of carbonyl (C=O) groups excluding carboxylic acids is 1. The van der Waals surface area contributed by atoms with Crippen LogP contribution < -0.4 is 0 Å². The Kier molecular flexibility index (Phi) is 9.77. The van der Waals surface area contributed by atoms with Crippen molar-refractivity contribution in [2.75, 3.05) is 19.8 Å². The fourth-order valence-electron chi connectivity index (χ4n) is 1.43. The Morgan fingerprint density at radius 2 is 1.48 bits per heavy atom. The number of allylic oxidation sites excluding steroid dienone is 1. The Morgan fingerprint density at radius 3 is 1.85 bits per heavy atom. The third-order valence-corrected chi connectivity index (χ3v) is 6.77. The molecule has 0 aromatic heterocycles. The molecule has 0 amide bonds. The molecule has 0 bridgehead atoms. The molecule has 0 heterocycles. The largest absolute Gasteiger partial charge is 0.463 e. The van der Waals surface area contributed by atoms with Crippen LogP contribution in [0.5, 0.6) is 0 Å². The van der Waals surface area contributed by atoms with Gasteiger partial charge in [0.25, 0.3) is 0 Å². The van der Waals surface area contributed by atoms with Crippen molar-refractivity contribution in [3.8, 4) is 0 Å². The smallest absolute Gasteiger partial charge is 0.412 e. The molecule has 5 nitrogen and oxygen atoms in total. The molecule has 0 aliphatic heterocycles. The predicted octanol–water partition coefficient (Wildman–Crippen LogP) is 5.16. The molecule has 1 unspecified atom stereocenters. The van der Waals surface area contributed by atoms with Crippen LogP contribution in [0.15, 0.2) is 12.2 Å². The summed E-state index contributed by atoms with van der Waals surface area (Å²) in [5.41, 5.74) is -1.54. The number of halogens is 6. The van der Waals surface area contributed by atoms with Gasteiger partial charge >= 0.3 is 25.9 Å². The summed E-state index contributed by atoms with van der Waals surface area (Å²) in [6.07, 6.45) is -8.23. The molecule has 1 atom stereocenters. The minimum atomic E-state index is -4.92. The van der Waals surface area contributed by atoms with Crippen LogP contribution in [0.1, 0.15) is 6.92 Å². The summed E-state index contributed by atoms with van der Waals surface area (Å²) in [4.78, 5) is 11.6. The molecule has 27 heavy (non-hydrogen) atoms. The second kappa shape index (κ2) is 10.1. The zero-order chi connectivity index (χ0) is 21.5. The van der Waals surface area contributed by atoms with Crippen molar-refractivity contribution in [1.29, 1.82) is 0 Å². The van der Waals surface area contributed by atoms with Crippen LogP contribution in [0.3, 0.4) is 0 Å². The molecule has 0 saturated heterocycles. The second-order valence-electron chi connectivity index (χ2n) is 6.89. The molecular formula is C14H23F6O5PSi. The van der Waals surface area contributed by atoms with E-state index in [9.17, 15) is 35.7 Å². The molecule has 160 valence electrons. The fraction of sp³-hybridized carbons (Fsp3) is 0.786. The molecule has 0 spiro atoms. The summed E-state index contributed by atoms with van der Waals surface area (Å²) in [6, 6.07) is 0.671. The number of alkyl halides is 6. The van der Waals surface area contributed by atoms with E-state index < -0.39 is 52.9 Å². The van der Waals surface area contributed by atoms with E-state index in [1.54, 1.807) is 0 Å². The van der Waals surface area contributed by atoms with E-state index in [1.165, 1.54) is 0 Å². The van der Waals surface area contributed by atoms with Crippen molar-refractivity contribution in [2.24, 2.45) is 0 Å². The van der Waals surface area contributed by atoms with Crippen LogP contribution in [0.25, 0.3) is 0 Å². The lowest BCUT2D eigenvalue weighted by molar-refractivity contribution is -0.165. The molecule has 0 rings (SSSR count). The maximum Gasteiger partial charge on any atom is 0.412 e. The topological polar surface area (TPSA) is 61.8 Å². The van der Waals surface area contributed by atoms with Gasteiger partial charge in [0.1, 0.15) is 0 Å². The van der Waals surface area contributed by atoms with Crippen molar-refractivity contribution in [3.63, 3.8) is 0 Å². The Balaban J connectivity index is 4.97. The highest BCUT2D eigenvalue weighted by Crippen LogP contribution is 2.55. The molecule has 0 saturated carbocycles. The van der Waals surface area contributed by atoms with Gasteiger partial charge in [-0.3, -0.25) is 13.6 Å². The van der Waals surface area contributed by atoms with E-state index in [0.717, 1.165) is 19.1 Å². The first-order chi connectivity index (χ1) is 11.9. The Labute approximate surface area is 154 Å². The van der Waals surface area contributed by atoms with Gasteiger partial charge in [0.05, 0.1) is 12.3 Å². The summed E-state index contributed by atoms with van der Waals surface area (Å²) in [5.74, 6) is -0.863. The summed E-state index contributed by atoms with van der Waals surface area (Å²) in [6.45, 7) is 3.17. The van der Waals surface area contributed by atoms with Crippen LogP contribution in [0.2, 0.25) is 25.7 Å². The van der Waals surface area contributed by atoms with Crippen LogP contribution in [-0.2, 0) is 23.1 Å². The van der Waals surface area contributed by atoms with E-state index in [4.69, 9.17) is 4.74 Å². The van der Waals surface area contributed by atoms with Crippen molar-refractivity contribution >= 4 is 21.6 Å². The molecule has 0 N–H and O–H groups in total. The fourth-order valence-corrected chi connectivity index (χ4v) is 3.64. The first-order valence-electron chi connectivity index (χ1n) is 7.81. The van der Waals surface area contributed by atoms with Crippen LogP contribution in [-0.4, -0.2) is 51.9 Å². The van der Waals surface area contributed by atoms with Gasteiger partial charge in [0.2, 0.25) is 0 Å². The van der Waals surface area contributed by atoms with E-state index in [0.29, 0.717) is 6.04 Å². The maximum atomic E-state index is 12.3. The van der Waals surface area contributed by atoms with Gasteiger partial charge in [0.15, 0.2) is 13.2 Å². The first-order valence-corrected chi connectivity index (χ1v) is 13.1. The third kappa shape index (κ3) is 13.9. The molecule has 13 heteroatoms. The average molecular weight is 444 g/mol. The molecule has 0 aromatic carbocycles. The number of ether oxygens (including phenoxy) is 1. The summed E-state index contributed by atoms with van der Waals surface area (Å²) in [7, 11) is -6.29. The molecule has 0 aliphatic rings. The van der Waals surface area contributed by atoms with E-state index in [2.05, 4.69) is 9.05 Å². The van der Waals surface area contributed by atoms with Gasteiger partial charge in [-0.1, -0.05) is 25.7 Å². The maximum absolute atomic E-state index is 12.3. The predicted molar refractivity (Wildman–Crippen MR) is 89.3 cm³/mol. The van der Waals surface area contributed by atoms with E-state index in [1.807, 2.05) is 19.6 Å². The molecular weight excluding hydrogens is 421 g/mol. The van der Waals surface area contributed by atoms with Crippen LogP contribution in [0, 0.1) is 0 Å². The standard InChI is InChI=1S/C14H23F6O5PSi/c1-11(5-6-12(21)23-7-8-27(2,3)4)26(22,24-9-13(15,16)17)25-10-14(18,19)20/h5-6,11H,7-10H2,1-4H3/b6-5+. The van der Waals surface area contributed by atoms with E-state index in [-0.39, 0.29) is 6.61 Å². The minimum absolute atomic E-state index is 0.125. The van der Waals surface area contributed by atoms with Crippen LogP contribution in [0.4, 0.5) is 26.3 Å². The Hall–Kier alpha value is -0.843.